The van der Waals surface area contributed by atoms with Gasteiger partial charge in [0, 0.05) is 5.41 Å². The van der Waals surface area contributed by atoms with Gasteiger partial charge in [0.15, 0.2) is 0 Å². The van der Waals surface area contributed by atoms with Crippen molar-refractivity contribution >= 4 is 12.6 Å². The highest BCUT2D eigenvalue weighted by Gasteiger charge is 2.36. The second-order valence-corrected chi connectivity index (χ2v) is 6.90. The van der Waals surface area contributed by atoms with E-state index in [0.717, 1.165) is 11.1 Å². The quantitative estimate of drug-likeness (QED) is 0.712. The molecule has 0 bridgehead atoms. The zero-order chi connectivity index (χ0) is 16.9. The first-order valence-corrected chi connectivity index (χ1v) is 8.20. The van der Waals surface area contributed by atoms with E-state index in [2.05, 4.69) is 56.3 Å². The summed E-state index contributed by atoms with van der Waals surface area (Å²) in [5.74, 6) is 0. The van der Waals surface area contributed by atoms with Gasteiger partial charge >= 0.3 is 7.12 Å². The Morgan fingerprint density at radius 3 is 2.21 bits per heavy atom. The Bertz CT molecular complexity index is 929. The van der Waals surface area contributed by atoms with Crippen molar-refractivity contribution in [2.24, 2.45) is 0 Å². The van der Waals surface area contributed by atoms with E-state index in [1.54, 1.807) is 6.07 Å². The van der Waals surface area contributed by atoms with Crippen molar-refractivity contribution in [2.45, 2.75) is 19.3 Å². The Balaban J connectivity index is 2.00. The average Bonchev–Trinajstić information content (AvgIpc) is 2.84. The Morgan fingerprint density at radius 1 is 0.750 bits per heavy atom. The fraction of sp³-hybridized carbons (Fsp3) is 0.143. The molecule has 0 radical (unpaired) electrons. The monoisotopic (exact) mass is 314 g/mol. The molecule has 0 aliphatic heterocycles. The molecule has 0 fully saturated rings. The van der Waals surface area contributed by atoms with Gasteiger partial charge in [-0.3, -0.25) is 0 Å². The van der Waals surface area contributed by atoms with Gasteiger partial charge < -0.3 is 10.0 Å². The standard InChI is InChI=1S/C21H19BO2/c1-21(2)18-11-4-3-9-17(18)20-16(10-6-12-19(20)21)14-7-5-8-15(13-14)22(23)24/h3-13,23-24H,1-2H3. The molecule has 24 heavy (non-hydrogen) atoms. The summed E-state index contributed by atoms with van der Waals surface area (Å²) in [6, 6.07) is 22.4. The lowest BCUT2D eigenvalue weighted by Gasteiger charge is -2.21. The molecule has 1 aliphatic carbocycles. The molecule has 3 aromatic rings. The third kappa shape index (κ3) is 2.13. The molecule has 0 aromatic heterocycles. The number of fused-ring (bicyclic) bond motifs is 3. The van der Waals surface area contributed by atoms with Crippen LogP contribution in [0.25, 0.3) is 22.3 Å². The smallest absolute Gasteiger partial charge is 0.423 e. The van der Waals surface area contributed by atoms with Gasteiger partial charge in [0.2, 0.25) is 0 Å². The van der Waals surface area contributed by atoms with E-state index < -0.39 is 7.12 Å². The summed E-state index contributed by atoms with van der Waals surface area (Å²) in [5.41, 5.74) is 7.79. The molecular formula is C21H19BO2. The lowest BCUT2D eigenvalue weighted by molar-refractivity contribution is 0.426. The SMILES string of the molecule is CC1(C)c2ccccc2-c2c(-c3cccc(B(O)O)c3)cccc21. The Hall–Kier alpha value is -2.36. The second-order valence-electron chi connectivity index (χ2n) is 6.90. The summed E-state index contributed by atoms with van der Waals surface area (Å²) in [6.07, 6.45) is 0. The van der Waals surface area contributed by atoms with Crippen molar-refractivity contribution in [3.05, 3.63) is 77.9 Å². The number of benzene rings is 3. The maximum Gasteiger partial charge on any atom is 0.488 e. The van der Waals surface area contributed by atoms with Crippen molar-refractivity contribution in [1.29, 1.82) is 0 Å². The predicted molar refractivity (Wildman–Crippen MR) is 99.3 cm³/mol. The van der Waals surface area contributed by atoms with E-state index in [1.807, 2.05) is 18.2 Å². The fourth-order valence-corrected chi connectivity index (χ4v) is 3.86. The number of hydrogen-bond donors (Lipinski definition) is 2. The van der Waals surface area contributed by atoms with Crippen LogP contribution in [0, 0.1) is 0 Å². The summed E-state index contributed by atoms with van der Waals surface area (Å²) in [6.45, 7) is 4.52. The van der Waals surface area contributed by atoms with Gasteiger partial charge in [0.25, 0.3) is 0 Å². The lowest BCUT2D eigenvalue weighted by Crippen LogP contribution is -2.29. The van der Waals surface area contributed by atoms with Crippen LogP contribution < -0.4 is 5.46 Å². The highest BCUT2D eigenvalue weighted by Crippen LogP contribution is 2.51. The molecule has 0 saturated heterocycles. The van der Waals surface area contributed by atoms with Crippen LogP contribution in [0.15, 0.2) is 66.7 Å². The van der Waals surface area contributed by atoms with Crippen molar-refractivity contribution in [3.8, 4) is 22.3 Å². The molecule has 2 N–H and O–H groups in total. The van der Waals surface area contributed by atoms with E-state index in [0.29, 0.717) is 5.46 Å². The average molecular weight is 314 g/mol. The van der Waals surface area contributed by atoms with Crippen LogP contribution in [-0.4, -0.2) is 17.2 Å². The second kappa shape index (κ2) is 5.33. The summed E-state index contributed by atoms with van der Waals surface area (Å²) in [7, 11) is -1.45. The van der Waals surface area contributed by atoms with Crippen molar-refractivity contribution in [1.82, 2.24) is 0 Å². The Kier molecular flexibility index (Phi) is 3.38. The zero-order valence-electron chi connectivity index (χ0n) is 13.8. The fourth-order valence-electron chi connectivity index (χ4n) is 3.86. The molecule has 0 unspecified atom stereocenters. The number of rotatable bonds is 2. The van der Waals surface area contributed by atoms with Crippen LogP contribution in [-0.2, 0) is 5.41 Å². The van der Waals surface area contributed by atoms with E-state index >= 15 is 0 Å². The van der Waals surface area contributed by atoms with Gasteiger partial charge in [0.05, 0.1) is 0 Å². The molecule has 0 heterocycles. The first kappa shape index (κ1) is 15.2. The molecule has 3 heteroatoms. The normalized spacial score (nSPS) is 14.2. The van der Waals surface area contributed by atoms with Crippen LogP contribution >= 0.6 is 0 Å². The first-order valence-electron chi connectivity index (χ1n) is 8.20. The maximum absolute atomic E-state index is 9.48. The van der Waals surface area contributed by atoms with Crippen LogP contribution in [0.3, 0.4) is 0 Å². The molecule has 0 spiro atoms. The van der Waals surface area contributed by atoms with E-state index in [1.165, 1.54) is 22.3 Å². The summed E-state index contributed by atoms with van der Waals surface area (Å²) < 4.78 is 0. The molecule has 2 nitrogen and oxygen atoms in total. The third-order valence-electron chi connectivity index (χ3n) is 5.10. The Morgan fingerprint density at radius 2 is 1.42 bits per heavy atom. The molecule has 1 aliphatic rings. The van der Waals surface area contributed by atoms with Crippen LogP contribution in [0.2, 0.25) is 0 Å². The van der Waals surface area contributed by atoms with Gasteiger partial charge in [0.1, 0.15) is 0 Å². The minimum Gasteiger partial charge on any atom is -0.423 e. The minimum atomic E-state index is -1.45. The number of hydrogen-bond acceptors (Lipinski definition) is 2. The van der Waals surface area contributed by atoms with Gasteiger partial charge in [-0.15, -0.1) is 0 Å². The molecule has 0 atom stereocenters. The first-order chi connectivity index (χ1) is 11.5. The van der Waals surface area contributed by atoms with Crippen molar-refractivity contribution < 1.29 is 10.0 Å². The highest BCUT2D eigenvalue weighted by molar-refractivity contribution is 6.58. The summed E-state index contributed by atoms with van der Waals surface area (Å²) >= 11 is 0. The van der Waals surface area contributed by atoms with Gasteiger partial charge in [-0.1, -0.05) is 80.6 Å². The topological polar surface area (TPSA) is 40.5 Å². The molecular weight excluding hydrogens is 295 g/mol. The summed E-state index contributed by atoms with van der Waals surface area (Å²) in [5, 5.41) is 19.0. The van der Waals surface area contributed by atoms with Gasteiger partial charge in [-0.05, 0) is 38.8 Å². The van der Waals surface area contributed by atoms with Crippen LogP contribution in [0.5, 0.6) is 0 Å². The molecule has 118 valence electrons. The lowest BCUT2D eigenvalue weighted by atomic mass is 9.78. The molecule has 0 amide bonds. The third-order valence-corrected chi connectivity index (χ3v) is 5.10. The predicted octanol–water partition coefficient (Wildman–Crippen LogP) is 3.34. The van der Waals surface area contributed by atoms with E-state index in [-0.39, 0.29) is 5.41 Å². The Labute approximate surface area is 142 Å². The van der Waals surface area contributed by atoms with E-state index in [4.69, 9.17) is 0 Å². The highest BCUT2D eigenvalue weighted by atomic mass is 16.4. The molecule has 0 saturated carbocycles. The zero-order valence-corrected chi connectivity index (χ0v) is 13.8. The molecule has 4 rings (SSSR count). The minimum absolute atomic E-state index is 0.0317. The summed E-state index contributed by atoms with van der Waals surface area (Å²) in [4.78, 5) is 0. The van der Waals surface area contributed by atoms with Gasteiger partial charge in [-0.2, -0.15) is 0 Å². The van der Waals surface area contributed by atoms with Crippen LogP contribution in [0.4, 0.5) is 0 Å². The van der Waals surface area contributed by atoms with Crippen molar-refractivity contribution in [3.63, 3.8) is 0 Å². The van der Waals surface area contributed by atoms with Crippen LogP contribution in [0.1, 0.15) is 25.0 Å². The van der Waals surface area contributed by atoms with Crippen molar-refractivity contribution in [2.75, 3.05) is 0 Å². The molecule has 3 aromatic carbocycles. The van der Waals surface area contributed by atoms with E-state index in [9.17, 15) is 10.0 Å². The van der Waals surface area contributed by atoms with Gasteiger partial charge in [-0.25, -0.2) is 0 Å². The largest absolute Gasteiger partial charge is 0.488 e. The maximum atomic E-state index is 9.48.